The molecule has 1 aromatic rings. The van der Waals surface area contributed by atoms with Crippen molar-refractivity contribution in [2.45, 2.75) is 25.9 Å². The van der Waals surface area contributed by atoms with Crippen molar-refractivity contribution in [1.29, 1.82) is 0 Å². The van der Waals surface area contributed by atoms with Crippen molar-refractivity contribution < 1.29 is 4.79 Å². The highest BCUT2D eigenvalue weighted by Gasteiger charge is 2.16. The highest BCUT2D eigenvalue weighted by Crippen LogP contribution is 2.07. The molecule has 1 atom stereocenters. The van der Waals surface area contributed by atoms with E-state index in [0.717, 1.165) is 11.4 Å². The molecule has 1 unspecified atom stereocenters. The average molecular weight is 236 g/mol. The zero-order valence-electron chi connectivity index (χ0n) is 10.4. The number of hydrogen-bond donors (Lipinski definition) is 2. The molecule has 0 saturated heterocycles. The molecule has 1 amide bonds. The van der Waals surface area contributed by atoms with E-state index in [1.54, 1.807) is 0 Å². The minimum Gasteiger partial charge on any atom is -0.370 e. The largest absolute Gasteiger partial charge is 0.370 e. The topological polar surface area (TPSA) is 85.2 Å². The molecule has 17 heavy (non-hydrogen) atoms. The van der Waals surface area contributed by atoms with E-state index in [1.165, 1.54) is 0 Å². The third kappa shape index (κ3) is 4.50. The quantitative estimate of drug-likeness (QED) is 0.729. The summed E-state index contributed by atoms with van der Waals surface area (Å²) in [6.45, 7) is 3.02. The van der Waals surface area contributed by atoms with Crippen LogP contribution < -0.4 is 11.5 Å². The van der Waals surface area contributed by atoms with Crippen molar-refractivity contribution in [1.82, 2.24) is 9.88 Å². The van der Waals surface area contributed by atoms with Crippen molar-refractivity contribution in [3.8, 4) is 0 Å². The first-order chi connectivity index (χ1) is 8.02. The summed E-state index contributed by atoms with van der Waals surface area (Å²) in [6, 6.07) is 5.85. The predicted molar refractivity (Wildman–Crippen MR) is 67.1 cm³/mol. The summed E-state index contributed by atoms with van der Waals surface area (Å²) >= 11 is 0. The number of nitrogens with zero attached hydrogens (tertiary/aromatic N) is 2. The SMILES string of the molecule is Cc1cccc(CN(C)C(CN)CC(N)=O)n1. The minimum atomic E-state index is -0.329. The molecule has 0 saturated carbocycles. The zero-order valence-corrected chi connectivity index (χ0v) is 10.4. The van der Waals surface area contributed by atoms with Crippen molar-refractivity contribution >= 4 is 5.91 Å². The monoisotopic (exact) mass is 236 g/mol. The fourth-order valence-corrected chi connectivity index (χ4v) is 1.72. The molecule has 0 radical (unpaired) electrons. The van der Waals surface area contributed by atoms with Crippen LogP contribution in [0.3, 0.4) is 0 Å². The standard InChI is InChI=1S/C12H20N4O/c1-9-4-3-5-10(15-9)8-16(2)11(7-13)6-12(14)17/h3-5,11H,6-8,13H2,1-2H3,(H2,14,17). The van der Waals surface area contributed by atoms with E-state index in [4.69, 9.17) is 11.5 Å². The highest BCUT2D eigenvalue weighted by atomic mass is 16.1. The molecular weight excluding hydrogens is 216 g/mol. The maximum absolute atomic E-state index is 10.9. The number of nitrogens with two attached hydrogens (primary N) is 2. The molecule has 0 aliphatic carbocycles. The fourth-order valence-electron chi connectivity index (χ4n) is 1.72. The summed E-state index contributed by atoms with van der Waals surface area (Å²) in [5, 5.41) is 0. The van der Waals surface area contributed by atoms with Crippen molar-refractivity contribution in [2.24, 2.45) is 11.5 Å². The summed E-state index contributed by atoms with van der Waals surface area (Å²) in [5.74, 6) is -0.329. The molecule has 1 aromatic heterocycles. The van der Waals surface area contributed by atoms with Gasteiger partial charge in [0.1, 0.15) is 0 Å². The first-order valence-electron chi connectivity index (χ1n) is 5.64. The van der Waals surface area contributed by atoms with Crippen LogP contribution in [0.25, 0.3) is 0 Å². The van der Waals surface area contributed by atoms with Gasteiger partial charge < -0.3 is 11.5 Å². The Morgan fingerprint density at radius 2 is 2.24 bits per heavy atom. The lowest BCUT2D eigenvalue weighted by atomic mass is 10.1. The fraction of sp³-hybridized carbons (Fsp3) is 0.500. The number of carbonyl (C=O) groups is 1. The van der Waals surface area contributed by atoms with Gasteiger partial charge in [-0.1, -0.05) is 6.07 Å². The Balaban J connectivity index is 2.63. The molecule has 94 valence electrons. The van der Waals surface area contributed by atoms with E-state index in [1.807, 2.05) is 37.1 Å². The van der Waals surface area contributed by atoms with Crippen LogP contribution in [0.4, 0.5) is 0 Å². The van der Waals surface area contributed by atoms with E-state index < -0.39 is 0 Å². The highest BCUT2D eigenvalue weighted by molar-refractivity contribution is 5.74. The maximum Gasteiger partial charge on any atom is 0.219 e. The normalized spacial score (nSPS) is 12.7. The van der Waals surface area contributed by atoms with E-state index in [2.05, 4.69) is 4.98 Å². The van der Waals surface area contributed by atoms with Crippen LogP contribution in [0.1, 0.15) is 17.8 Å². The van der Waals surface area contributed by atoms with E-state index in [-0.39, 0.29) is 18.4 Å². The molecule has 0 aromatic carbocycles. The van der Waals surface area contributed by atoms with Gasteiger partial charge in [-0.25, -0.2) is 0 Å². The van der Waals surface area contributed by atoms with Gasteiger partial charge in [0.2, 0.25) is 5.91 Å². The molecule has 5 nitrogen and oxygen atoms in total. The number of hydrogen-bond acceptors (Lipinski definition) is 4. The van der Waals surface area contributed by atoms with Gasteiger partial charge in [-0.2, -0.15) is 0 Å². The molecular formula is C12H20N4O. The van der Waals surface area contributed by atoms with Crippen LogP contribution in [0.5, 0.6) is 0 Å². The lowest BCUT2D eigenvalue weighted by Gasteiger charge is -2.25. The number of rotatable bonds is 6. The van der Waals surface area contributed by atoms with Crippen LogP contribution in [-0.4, -0.2) is 35.4 Å². The Kier molecular flexibility index (Phi) is 5.06. The Morgan fingerprint density at radius 1 is 1.53 bits per heavy atom. The number of aryl methyl sites for hydroxylation is 1. The maximum atomic E-state index is 10.9. The summed E-state index contributed by atoms with van der Waals surface area (Å²) in [7, 11) is 1.92. The van der Waals surface area contributed by atoms with Gasteiger partial charge in [0, 0.05) is 31.2 Å². The number of aromatic nitrogens is 1. The summed E-state index contributed by atoms with van der Waals surface area (Å²) in [4.78, 5) is 17.3. The molecule has 0 fully saturated rings. The van der Waals surface area contributed by atoms with E-state index >= 15 is 0 Å². The second-order valence-corrected chi connectivity index (χ2v) is 4.25. The first kappa shape index (κ1) is 13.6. The summed E-state index contributed by atoms with van der Waals surface area (Å²) < 4.78 is 0. The lowest BCUT2D eigenvalue weighted by molar-refractivity contribution is -0.119. The molecule has 0 aliphatic heterocycles. The number of primary amides is 1. The first-order valence-corrected chi connectivity index (χ1v) is 5.64. The van der Waals surface area contributed by atoms with Crippen LogP contribution in [-0.2, 0) is 11.3 Å². The van der Waals surface area contributed by atoms with Crippen molar-refractivity contribution in [3.63, 3.8) is 0 Å². The second kappa shape index (κ2) is 6.32. The second-order valence-electron chi connectivity index (χ2n) is 4.25. The van der Waals surface area contributed by atoms with Crippen LogP contribution in [0.15, 0.2) is 18.2 Å². The predicted octanol–water partition coefficient (Wildman–Crippen LogP) is 0.0245. The Hall–Kier alpha value is -1.46. The van der Waals surface area contributed by atoms with Crippen molar-refractivity contribution in [2.75, 3.05) is 13.6 Å². The minimum absolute atomic E-state index is 0.0326. The summed E-state index contributed by atoms with van der Waals surface area (Å²) in [6.07, 6.45) is 0.277. The Bertz CT molecular complexity index is 381. The third-order valence-electron chi connectivity index (χ3n) is 2.69. The number of carbonyl (C=O) groups excluding carboxylic acids is 1. The van der Waals surface area contributed by atoms with Gasteiger partial charge in [0.25, 0.3) is 0 Å². The van der Waals surface area contributed by atoms with Crippen molar-refractivity contribution in [3.05, 3.63) is 29.6 Å². The molecule has 1 rings (SSSR count). The zero-order chi connectivity index (χ0) is 12.8. The van der Waals surface area contributed by atoms with Gasteiger partial charge >= 0.3 is 0 Å². The van der Waals surface area contributed by atoms with E-state index in [0.29, 0.717) is 13.1 Å². The van der Waals surface area contributed by atoms with Gasteiger partial charge in [-0.15, -0.1) is 0 Å². The van der Waals surface area contributed by atoms with Crippen LogP contribution in [0.2, 0.25) is 0 Å². The molecule has 1 heterocycles. The average Bonchev–Trinajstić information content (AvgIpc) is 2.25. The van der Waals surface area contributed by atoms with E-state index in [9.17, 15) is 4.79 Å². The Morgan fingerprint density at radius 3 is 2.76 bits per heavy atom. The van der Waals surface area contributed by atoms with Crippen LogP contribution >= 0.6 is 0 Å². The molecule has 0 aliphatic rings. The Labute approximate surface area is 102 Å². The van der Waals surface area contributed by atoms with Gasteiger partial charge in [-0.05, 0) is 26.1 Å². The molecule has 5 heteroatoms. The van der Waals surface area contributed by atoms with Gasteiger partial charge in [0.05, 0.1) is 5.69 Å². The number of amides is 1. The third-order valence-corrected chi connectivity index (χ3v) is 2.69. The smallest absolute Gasteiger partial charge is 0.219 e. The number of likely N-dealkylation sites (N-methyl/N-ethyl adjacent to an activating group) is 1. The molecule has 0 bridgehead atoms. The number of pyridine rings is 1. The summed E-state index contributed by atoms with van der Waals surface area (Å²) in [5.41, 5.74) is 12.8. The van der Waals surface area contributed by atoms with Gasteiger partial charge in [-0.3, -0.25) is 14.7 Å². The molecule has 0 spiro atoms. The van der Waals surface area contributed by atoms with Crippen LogP contribution in [0, 0.1) is 6.92 Å². The van der Waals surface area contributed by atoms with Gasteiger partial charge in [0.15, 0.2) is 0 Å². The molecule has 4 N–H and O–H groups in total. The lowest BCUT2D eigenvalue weighted by Crippen LogP contribution is -2.40.